The summed E-state index contributed by atoms with van der Waals surface area (Å²) in [6.07, 6.45) is 3.56. The highest BCUT2D eigenvalue weighted by Gasteiger charge is 2.26. The number of nitrogens with zero attached hydrogens (tertiary/aromatic N) is 1. The molecule has 0 aliphatic carbocycles. The molecule has 1 aromatic rings. The standard InChI is InChI=1S/C17H24N2O3S2/c1-12-17(22-11-14-4-3-9-23-14)19-16(10-18-12)13-5-7-15(8-6-13)24(2,20)21/h5-8,14,16-17,19H,3-4,9-11H2,1-2H3. The Bertz CT molecular complexity index is 695. The van der Waals surface area contributed by atoms with Gasteiger partial charge >= 0.3 is 0 Å². The van der Waals surface area contributed by atoms with E-state index in [4.69, 9.17) is 4.74 Å². The van der Waals surface area contributed by atoms with Crippen molar-refractivity contribution in [2.75, 3.05) is 25.2 Å². The molecule has 2 aliphatic rings. The number of nitrogens with one attached hydrogen (secondary N) is 1. The summed E-state index contributed by atoms with van der Waals surface area (Å²) in [4.78, 5) is 4.93. The van der Waals surface area contributed by atoms with E-state index in [-0.39, 0.29) is 12.3 Å². The van der Waals surface area contributed by atoms with Gasteiger partial charge in [-0.2, -0.15) is 11.8 Å². The Morgan fingerprint density at radius 2 is 2.08 bits per heavy atom. The van der Waals surface area contributed by atoms with E-state index in [1.165, 1.54) is 24.9 Å². The molecule has 3 atom stereocenters. The number of thioether (sulfide) groups is 1. The van der Waals surface area contributed by atoms with Crippen molar-refractivity contribution in [3.05, 3.63) is 29.8 Å². The predicted octanol–water partition coefficient (Wildman–Crippen LogP) is 2.43. The minimum absolute atomic E-state index is 0.0449. The number of aliphatic imine (C=N–C) groups is 1. The summed E-state index contributed by atoms with van der Waals surface area (Å²) in [7, 11) is -3.16. The Labute approximate surface area is 148 Å². The fourth-order valence-electron chi connectivity index (χ4n) is 2.97. The van der Waals surface area contributed by atoms with E-state index in [2.05, 4.69) is 10.3 Å². The van der Waals surface area contributed by atoms with Crippen LogP contribution in [0.4, 0.5) is 0 Å². The van der Waals surface area contributed by atoms with Crippen LogP contribution in [0.2, 0.25) is 0 Å². The van der Waals surface area contributed by atoms with E-state index < -0.39 is 9.84 Å². The van der Waals surface area contributed by atoms with Crippen LogP contribution in [0.1, 0.15) is 31.4 Å². The van der Waals surface area contributed by atoms with Gasteiger partial charge in [-0.15, -0.1) is 0 Å². The number of sulfone groups is 1. The highest BCUT2D eigenvalue weighted by molar-refractivity contribution is 8.00. The van der Waals surface area contributed by atoms with Gasteiger partial charge in [0, 0.05) is 11.5 Å². The van der Waals surface area contributed by atoms with Gasteiger partial charge in [0.05, 0.1) is 29.8 Å². The third-order valence-electron chi connectivity index (χ3n) is 4.44. The maximum absolute atomic E-state index is 11.6. The van der Waals surface area contributed by atoms with Crippen molar-refractivity contribution in [2.45, 2.75) is 42.2 Å². The quantitative estimate of drug-likeness (QED) is 0.865. The second-order valence-electron chi connectivity index (χ2n) is 6.39. The van der Waals surface area contributed by atoms with Crippen molar-refractivity contribution in [2.24, 2.45) is 4.99 Å². The molecule has 3 unspecified atom stereocenters. The Hall–Kier alpha value is -0.890. The highest BCUT2D eigenvalue weighted by Crippen LogP contribution is 2.27. The number of ether oxygens (including phenoxy) is 1. The van der Waals surface area contributed by atoms with Crippen molar-refractivity contribution in [3.8, 4) is 0 Å². The highest BCUT2D eigenvalue weighted by atomic mass is 32.2. The molecule has 0 aromatic heterocycles. The van der Waals surface area contributed by atoms with Crippen molar-refractivity contribution in [3.63, 3.8) is 0 Å². The van der Waals surface area contributed by atoms with Crippen molar-refractivity contribution in [1.82, 2.24) is 5.32 Å². The van der Waals surface area contributed by atoms with Crippen LogP contribution in [-0.2, 0) is 14.6 Å². The van der Waals surface area contributed by atoms with Gasteiger partial charge < -0.3 is 4.74 Å². The molecule has 7 heteroatoms. The molecule has 5 nitrogen and oxygen atoms in total. The zero-order valence-corrected chi connectivity index (χ0v) is 15.7. The maximum atomic E-state index is 11.6. The van der Waals surface area contributed by atoms with Crippen LogP contribution >= 0.6 is 11.8 Å². The fraction of sp³-hybridized carbons (Fsp3) is 0.588. The first-order valence-electron chi connectivity index (χ1n) is 8.24. The average molecular weight is 369 g/mol. The lowest BCUT2D eigenvalue weighted by molar-refractivity contribution is 0.0634. The lowest BCUT2D eigenvalue weighted by Gasteiger charge is -2.30. The first kappa shape index (κ1) is 17.9. The lowest BCUT2D eigenvalue weighted by Crippen LogP contribution is -2.45. The zero-order valence-electron chi connectivity index (χ0n) is 14.1. The summed E-state index contributed by atoms with van der Waals surface area (Å²) in [6.45, 7) is 3.37. The van der Waals surface area contributed by atoms with Crippen LogP contribution in [0.3, 0.4) is 0 Å². The van der Waals surface area contributed by atoms with E-state index in [1.807, 2.05) is 30.8 Å². The molecule has 0 spiro atoms. The van der Waals surface area contributed by atoms with Crippen LogP contribution in [0.25, 0.3) is 0 Å². The third-order valence-corrected chi connectivity index (χ3v) is 6.93. The number of benzene rings is 1. The smallest absolute Gasteiger partial charge is 0.175 e. The molecule has 132 valence electrons. The molecule has 24 heavy (non-hydrogen) atoms. The summed E-state index contributed by atoms with van der Waals surface area (Å²) >= 11 is 1.98. The van der Waals surface area contributed by atoms with Gasteiger partial charge in [-0.3, -0.25) is 10.3 Å². The monoisotopic (exact) mass is 368 g/mol. The largest absolute Gasteiger partial charge is 0.357 e. The Morgan fingerprint density at radius 3 is 2.71 bits per heavy atom. The second kappa shape index (κ2) is 7.56. The van der Waals surface area contributed by atoms with Crippen molar-refractivity contribution in [1.29, 1.82) is 0 Å². The van der Waals surface area contributed by atoms with Gasteiger partial charge in [-0.25, -0.2) is 8.42 Å². The van der Waals surface area contributed by atoms with Gasteiger partial charge in [0.1, 0.15) is 6.23 Å². The minimum Gasteiger partial charge on any atom is -0.357 e. The van der Waals surface area contributed by atoms with E-state index in [0.717, 1.165) is 17.9 Å². The summed E-state index contributed by atoms with van der Waals surface area (Å²) in [5.41, 5.74) is 2.00. The first-order valence-corrected chi connectivity index (χ1v) is 11.2. The summed E-state index contributed by atoms with van der Waals surface area (Å²) < 4.78 is 29.2. The molecule has 3 rings (SSSR count). The molecule has 2 aliphatic heterocycles. The van der Waals surface area contributed by atoms with Crippen LogP contribution in [-0.4, -0.2) is 50.8 Å². The Balaban J connectivity index is 1.64. The second-order valence-corrected chi connectivity index (χ2v) is 9.81. The Kier molecular flexibility index (Phi) is 5.64. The molecular formula is C17H24N2O3S2. The molecule has 0 radical (unpaired) electrons. The summed E-state index contributed by atoms with van der Waals surface area (Å²) in [5.74, 6) is 1.23. The predicted molar refractivity (Wildman–Crippen MR) is 98.6 cm³/mol. The maximum Gasteiger partial charge on any atom is 0.175 e. The Morgan fingerprint density at radius 1 is 1.33 bits per heavy atom. The van der Waals surface area contributed by atoms with E-state index in [9.17, 15) is 8.42 Å². The van der Waals surface area contributed by atoms with Gasteiger partial charge in [0.25, 0.3) is 0 Å². The number of hydrogen-bond acceptors (Lipinski definition) is 6. The van der Waals surface area contributed by atoms with Gasteiger partial charge in [-0.1, -0.05) is 12.1 Å². The van der Waals surface area contributed by atoms with Crippen molar-refractivity contribution >= 4 is 27.3 Å². The van der Waals surface area contributed by atoms with Gasteiger partial charge in [0.2, 0.25) is 0 Å². The summed E-state index contributed by atoms with van der Waals surface area (Å²) in [6, 6.07) is 7.07. The van der Waals surface area contributed by atoms with Crippen LogP contribution < -0.4 is 5.32 Å². The molecule has 1 aromatic carbocycles. The van der Waals surface area contributed by atoms with Crippen molar-refractivity contribution < 1.29 is 13.2 Å². The molecule has 0 bridgehead atoms. The fourth-order valence-corrected chi connectivity index (χ4v) is 4.78. The summed E-state index contributed by atoms with van der Waals surface area (Å²) in [5, 5.41) is 4.08. The molecule has 2 heterocycles. The average Bonchev–Trinajstić information content (AvgIpc) is 3.07. The van der Waals surface area contributed by atoms with Gasteiger partial charge in [0.15, 0.2) is 9.84 Å². The van der Waals surface area contributed by atoms with E-state index >= 15 is 0 Å². The number of rotatable bonds is 5. The first-order chi connectivity index (χ1) is 11.4. The van der Waals surface area contributed by atoms with Crippen LogP contribution in [0.15, 0.2) is 34.2 Å². The van der Waals surface area contributed by atoms with Crippen LogP contribution in [0.5, 0.6) is 0 Å². The minimum atomic E-state index is -3.16. The SMILES string of the molecule is CC1=NCC(c2ccc(S(C)(=O)=O)cc2)NC1OCC1CCCS1. The normalized spacial score (nSPS) is 27.9. The van der Waals surface area contributed by atoms with Gasteiger partial charge in [-0.05, 0) is 43.2 Å². The molecule has 0 amide bonds. The molecular weight excluding hydrogens is 344 g/mol. The third kappa shape index (κ3) is 4.39. The molecule has 1 saturated heterocycles. The lowest BCUT2D eigenvalue weighted by atomic mass is 10.1. The van der Waals surface area contributed by atoms with E-state index in [1.54, 1.807) is 12.1 Å². The van der Waals surface area contributed by atoms with Crippen LogP contribution in [0, 0.1) is 0 Å². The molecule has 1 fully saturated rings. The molecule has 1 N–H and O–H groups in total. The number of hydrogen-bond donors (Lipinski definition) is 1. The molecule has 0 saturated carbocycles. The topological polar surface area (TPSA) is 67.8 Å². The zero-order chi connectivity index (χ0) is 17.2. The van der Waals surface area contributed by atoms with E-state index in [0.29, 0.717) is 16.7 Å².